The first kappa shape index (κ1) is 11.9. The highest BCUT2D eigenvalue weighted by Gasteiger charge is 2.12. The molecular formula is C10H11ClN2OS2. The van der Waals surface area contributed by atoms with E-state index in [0.717, 1.165) is 16.6 Å². The van der Waals surface area contributed by atoms with Gasteiger partial charge in [-0.3, -0.25) is 0 Å². The Kier molecular flexibility index (Phi) is 3.81. The Morgan fingerprint density at radius 3 is 2.94 bits per heavy atom. The molecule has 0 spiro atoms. The Labute approximate surface area is 107 Å². The summed E-state index contributed by atoms with van der Waals surface area (Å²) in [4.78, 5) is 8.24. The molecule has 0 aliphatic rings. The largest absolute Gasteiger partial charge is 0.391 e. The van der Waals surface area contributed by atoms with E-state index in [1.54, 1.807) is 11.3 Å². The summed E-state index contributed by atoms with van der Waals surface area (Å²) in [7, 11) is 1.97. The maximum absolute atomic E-state index is 9.04. The van der Waals surface area contributed by atoms with E-state index in [-0.39, 0.29) is 6.61 Å². The van der Waals surface area contributed by atoms with Crippen molar-refractivity contribution in [2.75, 3.05) is 11.9 Å². The fourth-order valence-corrected chi connectivity index (χ4v) is 3.12. The monoisotopic (exact) mass is 274 g/mol. The summed E-state index contributed by atoms with van der Waals surface area (Å²) in [5, 5.41) is 12.3. The van der Waals surface area contributed by atoms with E-state index < -0.39 is 0 Å². The third-order valence-electron chi connectivity index (χ3n) is 2.08. The third kappa shape index (κ3) is 2.55. The van der Waals surface area contributed by atoms with Gasteiger partial charge in [-0.2, -0.15) is 0 Å². The van der Waals surface area contributed by atoms with Crippen molar-refractivity contribution in [2.24, 2.45) is 0 Å². The summed E-state index contributed by atoms with van der Waals surface area (Å²) in [5.74, 6) is 0. The van der Waals surface area contributed by atoms with Crippen molar-refractivity contribution >= 4 is 39.4 Å². The van der Waals surface area contributed by atoms with Crippen LogP contribution in [0.5, 0.6) is 0 Å². The SMILES string of the molecule is CN(Cc1cccs1)c1nc(Cl)c(CO)s1. The average molecular weight is 275 g/mol. The van der Waals surface area contributed by atoms with Crippen molar-refractivity contribution in [3.05, 3.63) is 32.4 Å². The van der Waals surface area contributed by atoms with Crippen molar-refractivity contribution in [1.29, 1.82) is 0 Å². The molecule has 0 aliphatic heterocycles. The third-order valence-corrected chi connectivity index (χ3v) is 4.52. The maximum Gasteiger partial charge on any atom is 0.187 e. The van der Waals surface area contributed by atoms with Crippen molar-refractivity contribution < 1.29 is 5.11 Å². The Hall–Kier alpha value is -0.620. The van der Waals surface area contributed by atoms with E-state index in [1.165, 1.54) is 16.2 Å². The van der Waals surface area contributed by atoms with E-state index in [0.29, 0.717) is 5.15 Å². The summed E-state index contributed by atoms with van der Waals surface area (Å²) in [6.45, 7) is 0.760. The number of aromatic nitrogens is 1. The van der Waals surface area contributed by atoms with Crippen LogP contribution < -0.4 is 4.90 Å². The standard InChI is InChI=1S/C10H11ClN2OS2/c1-13(5-7-3-2-4-15-7)10-12-9(11)8(6-14)16-10/h2-4,14H,5-6H2,1H3. The summed E-state index contributed by atoms with van der Waals surface area (Å²) in [6, 6.07) is 4.12. The fourth-order valence-electron chi connectivity index (χ4n) is 1.29. The zero-order chi connectivity index (χ0) is 11.5. The van der Waals surface area contributed by atoms with Gasteiger partial charge < -0.3 is 10.0 Å². The van der Waals surface area contributed by atoms with Gasteiger partial charge in [-0.15, -0.1) is 11.3 Å². The molecule has 0 fully saturated rings. The van der Waals surface area contributed by atoms with Gasteiger partial charge >= 0.3 is 0 Å². The highest BCUT2D eigenvalue weighted by Crippen LogP contribution is 2.30. The van der Waals surface area contributed by atoms with Crippen LogP contribution in [0.1, 0.15) is 9.75 Å². The van der Waals surface area contributed by atoms with Crippen LogP contribution in [0, 0.1) is 0 Å². The Balaban J connectivity index is 2.11. The predicted octanol–water partition coefficient (Wildman–Crippen LogP) is 2.99. The molecule has 0 atom stereocenters. The number of nitrogens with zero attached hydrogens (tertiary/aromatic N) is 2. The molecule has 2 aromatic rings. The normalized spacial score (nSPS) is 10.7. The lowest BCUT2D eigenvalue weighted by molar-refractivity contribution is 0.285. The zero-order valence-electron chi connectivity index (χ0n) is 8.68. The second kappa shape index (κ2) is 5.14. The molecule has 0 radical (unpaired) electrons. The highest BCUT2D eigenvalue weighted by atomic mass is 35.5. The average Bonchev–Trinajstić information content (AvgIpc) is 2.87. The van der Waals surface area contributed by atoms with E-state index >= 15 is 0 Å². The van der Waals surface area contributed by atoms with Gasteiger partial charge in [0.1, 0.15) is 5.15 Å². The van der Waals surface area contributed by atoms with Gasteiger partial charge in [0, 0.05) is 11.9 Å². The molecule has 86 valence electrons. The highest BCUT2D eigenvalue weighted by molar-refractivity contribution is 7.16. The zero-order valence-corrected chi connectivity index (χ0v) is 11.1. The van der Waals surface area contributed by atoms with Crippen LogP contribution in [0.4, 0.5) is 5.13 Å². The number of aliphatic hydroxyl groups excluding tert-OH is 1. The molecule has 0 unspecified atom stereocenters. The molecule has 0 aromatic carbocycles. The molecule has 16 heavy (non-hydrogen) atoms. The maximum atomic E-state index is 9.04. The smallest absolute Gasteiger partial charge is 0.187 e. The van der Waals surface area contributed by atoms with Crippen molar-refractivity contribution in [1.82, 2.24) is 4.98 Å². The van der Waals surface area contributed by atoms with Crippen LogP contribution in [0.3, 0.4) is 0 Å². The number of thiophene rings is 1. The van der Waals surface area contributed by atoms with Crippen LogP contribution in [0.25, 0.3) is 0 Å². The molecule has 2 aromatic heterocycles. The van der Waals surface area contributed by atoms with Crippen LogP contribution in [0.15, 0.2) is 17.5 Å². The lowest BCUT2D eigenvalue weighted by Gasteiger charge is -2.13. The van der Waals surface area contributed by atoms with Crippen LogP contribution in [0.2, 0.25) is 5.15 Å². The topological polar surface area (TPSA) is 36.4 Å². The van der Waals surface area contributed by atoms with Gasteiger partial charge in [-0.25, -0.2) is 4.98 Å². The first-order chi connectivity index (χ1) is 7.70. The van der Waals surface area contributed by atoms with Crippen molar-refractivity contribution in [2.45, 2.75) is 13.2 Å². The number of rotatable bonds is 4. The molecule has 0 amide bonds. The van der Waals surface area contributed by atoms with Gasteiger partial charge in [-0.1, -0.05) is 29.0 Å². The molecule has 0 saturated carbocycles. The van der Waals surface area contributed by atoms with Gasteiger partial charge in [0.2, 0.25) is 0 Å². The van der Waals surface area contributed by atoms with Crippen LogP contribution >= 0.6 is 34.3 Å². The summed E-state index contributed by atoms with van der Waals surface area (Å²) < 4.78 is 0. The minimum Gasteiger partial charge on any atom is -0.391 e. The summed E-state index contributed by atoms with van der Waals surface area (Å²) in [5.41, 5.74) is 0. The molecule has 0 saturated heterocycles. The quantitative estimate of drug-likeness (QED) is 0.931. The molecule has 0 bridgehead atoms. The number of hydrogen-bond donors (Lipinski definition) is 1. The summed E-state index contributed by atoms with van der Waals surface area (Å²) >= 11 is 9.03. The molecule has 2 heterocycles. The minimum absolute atomic E-state index is 0.0522. The van der Waals surface area contributed by atoms with E-state index in [9.17, 15) is 0 Å². The second-order valence-corrected chi connectivity index (χ2v) is 5.76. The number of hydrogen-bond acceptors (Lipinski definition) is 5. The molecule has 1 N–H and O–H groups in total. The number of anilines is 1. The fraction of sp³-hybridized carbons (Fsp3) is 0.300. The van der Waals surface area contributed by atoms with Gasteiger partial charge in [0.25, 0.3) is 0 Å². The Morgan fingerprint density at radius 1 is 1.56 bits per heavy atom. The molecule has 2 rings (SSSR count). The minimum atomic E-state index is -0.0522. The lowest BCUT2D eigenvalue weighted by atomic mass is 10.4. The van der Waals surface area contributed by atoms with Crippen LogP contribution in [-0.4, -0.2) is 17.1 Å². The van der Waals surface area contributed by atoms with Gasteiger partial charge in [0.05, 0.1) is 18.0 Å². The second-order valence-electron chi connectivity index (χ2n) is 3.30. The Bertz CT molecular complexity index is 455. The van der Waals surface area contributed by atoms with Gasteiger partial charge in [0.15, 0.2) is 5.13 Å². The predicted molar refractivity (Wildman–Crippen MR) is 69.5 cm³/mol. The summed E-state index contributed by atoms with van der Waals surface area (Å²) in [6.07, 6.45) is 0. The van der Waals surface area contributed by atoms with E-state index in [1.807, 2.05) is 18.0 Å². The molecule has 0 aliphatic carbocycles. The first-order valence-electron chi connectivity index (χ1n) is 4.70. The molecule has 3 nitrogen and oxygen atoms in total. The van der Waals surface area contributed by atoms with Gasteiger partial charge in [-0.05, 0) is 11.4 Å². The van der Waals surface area contributed by atoms with E-state index in [2.05, 4.69) is 16.4 Å². The first-order valence-corrected chi connectivity index (χ1v) is 6.77. The molecular weight excluding hydrogens is 264 g/mol. The molecule has 6 heteroatoms. The number of aliphatic hydroxyl groups is 1. The number of thiazole rings is 1. The Morgan fingerprint density at radius 2 is 2.38 bits per heavy atom. The van der Waals surface area contributed by atoms with Crippen molar-refractivity contribution in [3.8, 4) is 0 Å². The van der Waals surface area contributed by atoms with E-state index in [4.69, 9.17) is 16.7 Å². The number of halogens is 1. The van der Waals surface area contributed by atoms with Crippen molar-refractivity contribution in [3.63, 3.8) is 0 Å². The van der Waals surface area contributed by atoms with Crippen LogP contribution in [-0.2, 0) is 13.2 Å². The lowest BCUT2D eigenvalue weighted by Crippen LogP contribution is -2.14.